The van der Waals surface area contributed by atoms with Crippen LogP contribution in [0.1, 0.15) is 41.4 Å². The van der Waals surface area contributed by atoms with Crippen molar-refractivity contribution in [2.24, 2.45) is 0 Å². The lowest BCUT2D eigenvalue weighted by Gasteiger charge is -2.12. The molecule has 10 heteroatoms. The fourth-order valence-electron chi connectivity index (χ4n) is 5.15. The first-order chi connectivity index (χ1) is 21.5. The smallest absolute Gasteiger partial charge is 0.416 e. The van der Waals surface area contributed by atoms with Crippen molar-refractivity contribution in [3.63, 3.8) is 0 Å². The molecule has 1 aromatic heterocycles. The molecule has 232 valence electrons. The third kappa shape index (κ3) is 7.34. The van der Waals surface area contributed by atoms with Crippen molar-refractivity contribution in [2.75, 3.05) is 6.61 Å². The Morgan fingerprint density at radius 1 is 0.867 bits per heavy atom. The highest BCUT2D eigenvalue weighted by Crippen LogP contribution is 2.30. The highest BCUT2D eigenvalue weighted by molar-refractivity contribution is 5.74. The molecule has 0 aliphatic heterocycles. The van der Waals surface area contributed by atoms with Crippen LogP contribution in [-0.4, -0.2) is 32.0 Å². The molecular formula is C35H32F3N3O4. The van der Waals surface area contributed by atoms with E-state index in [9.17, 15) is 27.9 Å². The first kappa shape index (κ1) is 31.3. The van der Waals surface area contributed by atoms with Gasteiger partial charge in [-0.3, -0.25) is 4.79 Å². The minimum Gasteiger partial charge on any atom is -0.494 e. The topological polar surface area (TPSA) is 86.4 Å². The van der Waals surface area contributed by atoms with Crippen molar-refractivity contribution in [1.82, 2.24) is 14.3 Å². The zero-order chi connectivity index (χ0) is 32.1. The largest absolute Gasteiger partial charge is 0.494 e. The third-order valence-electron chi connectivity index (χ3n) is 7.43. The van der Waals surface area contributed by atoms with E-state index >= 15 is 0 Å². The summed E-state index contributed by atoms with van der Waals surface area (Å²) in [5.74, 6) is 0.131. The van der Waals surface area contributed by atoms with Crippen LogP contribution in [0.5, 0.6) is 5.75 Å². The molecule has 0 atom stereocenters. The number of carbonyl (C=O) groups is 1. The second-order valence-electron chi connectivity index (χ2n) is 10.7. The Morgan fingerprint density at radius 3 is 2.13 bits per heavy atom. The zero-order valence-corrected chi connectivity index (χ0v) is 24.8. The van der Waals surface area contributed by atoms with Gasteiger partial charge in [-0.1, -0.05) is 48.0 Å². The average Bonchev–Trinajstić information content (AvgIpc) is 3.34. The van der Waals surface area contributed by atoms with Crippen LogP contribution in [0.4, 0.5) is 13.2 Å². The first-order valence-corrected chi connectivity index (χ1v) is 14.6. The van der Waals surface area contributed by atoms with Gasteiger partial charge in [0.1, 0.15) is 11.6 Å². The van der Waals surface area contributed by atoms with Gasteiger partial charge in [0.15, 0.2) is 0 Å². The van der Waals surface area contributed by atoms with Gasteiger partial charge in [-0.15, -0.1) is 5.10 Å². The van der Waals surface area contributed by atoms with Crippen molar-refractivity contribution >= 4 is 5.97 Å². The molecule has 7 nitrogen and oxygen atoms in total. The van der Waals surface area contributed by atoms with Crippen LogP contribution in [0.25, 0.3) is 22.5 Å². The third-order valence-corrected chi connectivity index (χ3v) is 7.43. The lowest BCUT2D eigenvalue weighted by Crippen LogP contribution is -2.23. The Morgan fingerprint density at radius 2 is 1.51 bits per heavy atom. The predicted octanol–water partition coefficient (Wildman–Crippen LogP) is 7.22. The summed E-state index contributed by atoms with van der Waals surface area (Å²) in [4.78, 5) is 24.9. The maximum atomic E-state index is 13.5. The molecule has 0 fully saturated rings. The van der Waals surface area contributed by atoms with Crippen molar-refractivity contribution in [3.05, 3.63) is 130 Å². The van der Waals surface area contributed by atoms with Gasteiger partial charge < -0.3 is 9.84 Å². The number of carboxylic acids is 1. The van der Waals surface area contributed by atoms with Gasteiger partial charge in [0, 0.05) is 12.0 Å². The lowest BCUT2D eigenvalue weighted by molar-refractivity contribution is -0.138. The number of rotatable bonds is 11. The van der Waals surface area contributed by atoms with E-state index in [1.54, 1.807) is 6.07 Å². The maximum Gasteiger partial charge on any atom is 0.416 e. The summed E-state index contributed by atoms with van der Waals surface area (Å²) in [6.45, 7) is 4.23. The van der Waals surface area contributed by atoms with Crippen molar-refractivity contribution in [2.45, 2.75) is 45.7 Å². The van der Waals surface area contributed by atoms with Gasteiger partial charge in [0.2, 0.25) is 0 Å². The fraction of sp³-hybridized carbons (Fsp3) is 0.229. The van der Waals surface area contributed by atoms with E-state index < -0.39 is 23.4 Å². The normalized spacial score (nSPS) is 11.5. The molecule has 0 radical (unpaired) electrons. The molecule has 0 unspecified atom stereocenters. The number of hydrogen-bond donors (Lipinski definition) is 1. The molecule has 1 heterocycles. The summed E-state index contributed by atoms with van der Waals surface area (Å²) in [7, 11) is 0. The van der Waals surface area contributed by atoms with Crippen molar-refractivity contribution < 1.29 is 27.8 Å². The van der Waals surface area contributed by atoms with Crippen LogP contribution >= 0.6 is 0 Å². The number of nitrogens with zero attached hydrogens (tertiary/aromatic N) is 3. The van der Waals surface area contributed by atoms with E-state index in [0.29, 0.717) is 48.7 Å². The number of carboxylic acid groups (broad SMARTS) is 1. The SMILES string of the molecule is CCOc1ccc(-c2ccc(CCCc3nn(-c4ccc(C(F)(F)F)cc4)c(=O)n3-c3ccc(C)cc3)cc2)cc1CC(=O)O. The Hall–Kier alpha value is -5.12. The Balaban J connectivity index is 1.35. The number of benzene rings is 4. The van der Waals surface area contributed by atoms with Gasteiger partial charge in [0.05, 0.1) is 30.0 Å². The standard InChI is InChI=1S/C35H32F3N3O4/c1-3-45-31-20-13-26(21-27(31)22-33(42)43)25-11-9-24(10-12-25)5-4-6-32-39-41(30-18-14-28(15-19-30)35(36,37)38)34(44)40(32)29-16-7-23(2)8-17-29/h7-21H,3-6,22H2,1-2H3,(H,42,43). The summed E-state index contributed by atoms with van der Waals surface area (Å²) < 4.78 is 47.5. The number of aliphatic carboxylic acids is 1. The van der Waals surface area contributed by atoms with Gasteiger partial charge in [-0.25, -0.2) is 9.36 Å². The van der Waals surface area contributed by atoms with E-state index in [0.717, 1.165) is 39.1 Å². The monoisotopic (exact) mass is 615 g/mol. The summed E-state index contributed by atoms with van der Waals surface area (Å²) in [5, 5.41) is 13.8. The highest BCUT2D eigenvalue weighted by atomic mass is 19.4. The molecule has 0 aliphatic carbocycles. The Bertz CT molecular complexity index is 1840. The number of halogens is 3. The van der Waals surface area contributed by atoms with Gasteiger partial charge in [0.25, 0.3) is 0 Å². The molecule has 0 saturated carbocycles. The van der Waals surface area contributed by atoms with Crippen molar-refractivity contribution in [1.29, 1.82) is 0 Å². The Labute approximate surface area is 258 Å². The predicted molar refractivity (Wildman–Crippen MR) is 165 cm³/mol. The quantitative estimate of drug-likeness (QED) is 0.170. The minimum atomic E-state index is -4.48. The summed E-state index contributed by atoms with van der Waals surface area (Å²) in [6.07, 6.45) is -2.80. The van der Waals surface area contributed by atoms with E-state index in [2.05, 4.69) is 5.10 Å². The average molecular weight is 616 g/mol. The van der Waals surface area contributed by atoms with Gasteiger partial charge >= 0.3 is 17.8 Å². The summed E-state index contributed by atoms with van der Waals surface area (Å²) in [6, 6.07) is 25.3. The molecular weight excluding hydrogens is 583 g/mol. The number of aryl methyl sites for hydroxylation is 3. The van der Waals surface area contributed by atoms with Gasteiger partial charge in [-0.2, -0.15) is 17.9 Å². The molecule has 0 saturated heterocycles. The Kier molecular flexibility index (Phi) is 9.22. The van der Waals surface area contributed by atoms with Crippen LogP contribution in [0.2, 0.25) is 0 Å². The molecule has 0 amide bonds. The van der Waals surface area contributed by atoms with Crippen molar-refractivity contribution in [3.8, 4) is 28.3 Å². The molecule has 45 heavy (non-hydrogen) atoms. The lowest BCUT2D eigenvalue weighted by atomic mass is 9.98. The number of hydrogen-bond acceptors (Lipinski definition) is 4. The highest BCUT2D eigenvalue weighted by Gasteiger charge is 2.30. The van der Waals surface area contributed by atoms with Crippen LogP contribution in [0, 0.1) is 6.92 Å². The second kappa shape index (κ2) is 13.3. The van der Waals surface area contributed by atoms with E-state index in [4.69, 9.17) is 4.74 Å². The van der Waals surface area contributed by atoms with Crippen LogP contribution < -0.4 is 10.4 Å². The molecule has 0 spiro atoms. The van der Waals surface area contributed by atoms with Crippen LogP contribution in [0.3, 0.4) is 0 Å². The molecule has 5 aromatic rings. The number of aromatic nitrogens is 3. The molecule has 0 bridgehead atoms. The molecule has 5 rings (SSSR count). The molecule has 1 N–H and O–H groups in total. The summed E-state index contributed by atoms with van der Waals surface area (Å²) >= 11 is 0. The fourth-order valence-corrected chi connectivity index (χ4v) is 5.15. The molecule has 4 aromatic carbocycles. The van der Waals surface area contributed by atoms with Gasteiger partial charge in [-0.05, 0) is 91.9 Å². The number of alkyl halides is 3. The van der Waals surface area contributed by atoms with E-state index in [1.807, 2.05) is 74.5 Å². The zero-order valence-electron chi connectivity index (χ0n) is 24.8. The first-order valence-electron chi connectivity index (χ1n) is 14.6. The van der Waals surface area contributed by atoms with E-state index in [-0.39, 0.29) is 12.1 Å². The van der Waals surface area contributed by atoms with E-state index in [1.165, 1.54) is 16.7 Å². The second-order valence-corrected chi connectivity index (χ2v) is 10.7. The maximum absolute atomic E-state index is 13.5. The number of ether oxygens (including phenoxy) is 1. The van der Waals surface area contributed by atoms with Crippen LogP contribution in [-0.2, 0) is 30.2 Å². The molecule has 0 aliphatic rings. The summed E-state index contributed by atoms with van der Waals surface area (Å²) in [5.41, 5.74) is 4.15. The van der Waals surface area contributed by atoms with Crippen LogP contribution in [0.15, 0.2) is 95.8 Å². The minimum absolute atomic E-state index is 0.135.